The minimum Gasteiger partial charge on any atom is -0.342 e. The maximum Gasteiger partial charge on any atom is 0.176 e. The Hall–Kier alpha value is -1.88. The van der Waals surface area contributed by atoms with Gasteiger partial charge in [0.25, 0.3) is 0 Å². The number of nitrogens with one attached hydrogen (secondary N) is 1. The fourth-order valence-electron chi connectivity index (χ4n) is 1.62. The van der Waals surface area contributed by atoms with Gasteiger partial charge >= 0.3 is 0 Å². The van der Waals surface area contributed by atoms with E-state index in [1.165, 1.54) is 5.56 Å². The van der Waals surface area contributed by atoms with Crippen LogP contribution < -0.4 is 0 Å². The van der Waals surface area contributed by atoms with E-state index >= 15 is 0 Å². The number of hydrogen-bond donors (Lipinski definition) is 1. The van der Waals surface area contributed by atoms with Gasteiger partial charge in [-0.05, 0) is 22.4 Å². The molecule has 1 N–H and O–H groups in total. The monoisotopic (exact) mass is 230 g/mol. The molecule has 80 valence electrons. The van der Waals surface area contributed by atoms with E-state index in [0.29, 0.717) is 0 Å². The number of aromatic amines is 1. The van der Waals surface area contributed by atoms with E-state index in [2.05, 4.69) is 36.3 Å². The predicted molar refractivity (Wildman–Crippen MR) is 63.2 cm³/mol. The second-order valence-corrected chi connectivity index (χ2v) is 4.23. The van der Waals surface area contributed by atoms with Gasteiger partial charge in [-0.2, -0.15) is 11.3 Å². The molecule has 5 heteroatoms. The largest absolute Gasteiger partial charge is 0.342 e. The van der Waals surface area contributed by atoms with Gasteiger partial charge in [-0.15, -0.1) is 0 Å². The fourth-order valence-corrected chi connectivity index (χ4v) is 2.28. The van der Waals surface area contributed by atoms with Crippen LogP contribution in [-0.4, -0.2) is 19.5 Å². The lowest BCUT2D eigenvalue weighted by Gasteiger charge is -2.03. The molecule has 0 aliphatic rings. The molecule has 0 atom stereocenters. The van der Waals surface area contributed by atoms with Crippen molar-refractivity contribution in [3.05, 3.63) is 47.2 Å². The van der Waals surface area contributed by atoms with Crippen LogP contribution in [0, 0.1) is 0 Å². The highest BCUT2D eigenvalue weighted by Gasteiger charge is 2.07. The summed E-state index contributed by atoms with van der Waals surface area (Å²) >= 11 is 1.71. The molecule has 0 fully saturated rings. The van der Waals surface area contributed by atoms with Gasteiger partial charge in [-0.25, -0.2) is 9.97 Å². The molecule has 0 radical (unpaired) electrons. The molecular weight excluding hydrogens is 220 g/mol. The molecule has 0 bridgehead atoms. The Labute approximate surface area is 96.6 Å². The standard InChI is InChI=1S/C11H10N4S/c1-6-16-8-9(1)7-15-5-4-14-11(15)10-12-2-3-13-10/h1-6,8H,7H2,(H,12,13). The normalized spacial score (nSPS) is 10.8. The van der Waals surface area contributed by atoms with Crippen LogP contribution in [0.25, 0.3) is 11.6 Å². The summed E-state index contributed by atoms with van der Waals surface area (Å²) in [5, 5.41) is 4.23. The van der Waals surface area contributed by atoms with Crippen molar-refractivity contribution >= 4 is 11.3 Å². The molecule has 3 rings (SSSR count). The third kappa shape index (κ3) is 1.65. The molecule has 3 aromatic heterocycles. The molecule has 4 nitrogen and oxygen atoms in total. The highest BCUT2D eigenvalue weighted by Crippen LogP contribution is 2.15. The Kier molecular flexibility index (Phi) is 2.30. The molecule has 3 heterocycles. The Morgan fingerprint density at radius 2 is 2.31 bits per heavy atom. The van der Waals surface area contributed by atoms with E-state index in [1.807, 2.05) is 6.20 Å². The lowest BCUT2D eigenvalue weighted by Crippen LogP contribution is -2.00. The van der Waals surface area contributed by atoms with Crippen molar-refractivity contribution in [2.75, 3.05) is 0 Å². The first-order valence-corrected chi connectivity index (χ1v) is 5.90. The van der Waals surface area contributed by atoms with E-state index in [9.17, 15) is 0 Å². The third-order valence-corrected chi connectivity index (χ3v) is 3.09. The van der Waals surface area contributed by atoms with Crippen molar-refractivity contribution in [2.45, 2.75) is 6.54 Å². The molecule has 0 aliphatic heterocycles. The summed E-state index contributed by atoms with van der Waals surface area (Å²) in [6, 6.07) is 2.12. The molecule has 0 amide bonds. The van der Waals surface area contributed by atoms with Crippen LogP contribution >= 0.6 is 11.3 Å². The topological polar surface area (TPSA) is 46.5 Å². The number of aromatic nitrogens is 4. The Morgan fingerprint density at radius 1 is 1.31 bits per heavy atom. The zero-order valence-corrected chi connectivity index (χ0v) is 9.31. The summed E-state index contributed by atoms with van der Waals surface area (Å²) in [6.45, 7) is 0.833. The Balaban J connectivity index is 1.94. The maximum atomic E-state index is 4.31. The van der Waals surface area contributed by atoms with E-state index in [-0.39, 0.29) is 0 Å². The average Bonchev–Trinajstić information content (AvgIpc) is 2.98. The number of imidazole rings is 2. The molecule has 0 saturated carbocycles. The molecule has 0 spiro atoms. The second-order valence-electron chi connectivity index (χ2n) is 3.45. The minimum atomic E-state index is 0.806. The van der Waals surface area contributed by atoms with Crippen LogP contribution in [0.3, 0.4) is 0 Å². The molecule has 0 aliphatic carbocycles. The quantitative estimate of drug-likeness (QED) is 0.751. The first-order chi connectivity index (χ1) is 7.93. The third-order valence-electron chi connectivity index (χ3n) is 2.36. The van der Waals surface area contributed by atoms with E-state index in [4.69, 9.17) is 0 Å². The lowest BCUT2D eigenvalue weighted by molar-refractivity contribution is 0.804. The predicted octanol–water partition coefficient (Wildman–Crippen LogP) is 2.38. The number of rotatable bonds is 3. The molecule has 0 aromatic carbocycles. The summed E-state index contributed by atoms with van der Waals surface area (Å²) in [6.07, 6.45) is 7.30. The second kappa shape index (κ2) is 3.94. The van der Waals surface area contributed by atoms with Gasteiger partial charge in [0, 0.05) is 31.3 Å². The molecule has 0 unspecified atom stereocenters. The van der Waals surface area contributed by atoms with Crippen LogP contribution in [-0.2, 0) is 6.54 Å². The molecule has 3 aromatic rings. The van der Waals surface area contributed by atoms with Crippen molar-refractivity contribution in [2.24, 2.45) is 0 Å². The highest BCUT2D eigenvalue weighted by atomic mass is 32.1. The molecular formula is C11H10N4S. The average molecular weight is 230 g/mol. The zero-order chi connectivity index (χ0) is 10.8. The SMILES string of the molecule is c1c[nH]c(-c2nccn2Cc2ccsc2)n1. The first-order valence-electron chi connectivity index (χ1n) is 4.95. The van der Waals surface area contributed by atoms with Gasteiger partial charge in [0.1, 0.15) is 0 Å². The van der Waals surface area contributed by atoms with Crippen LogP contribution in [0.5, 0.6) is 0 Å². The summed E-state index contributed by atoms with van der Waals surface area (Å²) in [5.74, 6) is 1.68. The molecule has 16 heavy (non-hydrogen) atoms. The number of nitrogens with zero attached hydrogens (tertiary/aromatic N) is 3. The van der Waals surface area contributed by atoms with E-state index < -0.39 is 0 Å². The number of hydrogen-bond acceptors (Lipinski definition) is 3. The smallest absolute Gasteiger partial charge is 0.176 e. The Morgan fingerprint density at radius 3 is 3.06 bits per heavy atom. The summed E-state index contributed by atoms with van der Waals surface area (Å²) in [4.78, 5) is 11.6. The van der Waals surface area contributed by atoms with Gasteiger partial charge in [0.05, 0.1) is 0 Å². The van der Waals surface area contributed by atoms with E-state index in [0.717, 1.165) is 18.2 Å². The van der Waals surface area contributed by atoms with Gasteiger partial charge in [0.2, 0.25) is 0 Å². The summed E-state index contributed by atoms with van der Waals surface area (Å²) in [7, 11) is 0. The van der Waals surface area contributed by atoms with Crippen molar-refractivity contribution in [1.82, 2.24) is 19.5 Å². The fraction of sp³-hybridized carbons (Fsp3) is 0.0909. The number of H-pyrrole nitrogens is 1. The first kappa shape index (κ1) is 9.35. The zero-order valence-electron chi connectivity index (χ0n) is 8.50. The van der Waals surface area contributed by atoms with Gasteiger partial charge < -0.3 is 9.55 Å². The van der Waals surface area contributed by atoms with Gasteiger partial charge in [-0.1, -0.05) is 0 Å². The molecule has 0 saturated heterocycles. The van der Waals surface area contributed by atoms with Crippen LogP contribution in [0.2, 0.25) is 0 Å². The maximum absolute atomic E-state index is 4.31. The van der Waals surface area contributed by atoms with Crippen molar-refractivity contribution < 1.29 is 0 Å². The van der Waals surface area contributed by atoms with Crippen molar-refractivity contribution in [3.63, 3.8) is 0 Å². The van der Waals surface area contributed by atoms with Gasteiger partial charge in [0.15, 0.2) is 11.6 Å². The Bertz CT molecular complexity index is 551. The van der Waals surface area contributed by atoms with Gasteiger partial charge in [-0.3, -0.25) is 0 Å². The van der Waals surface area contributed by atoms with Crippen LogP contribution in [0.1, 0.15) is 5.56 Å². The van der Waals surface area contributed by atoms with Crippen molar-refractivity contribution in [1.29, 1.82) is 0 Å². The lowest BCUT2D eigenvalue weighted by atomic mass is 10.3. The van der Waals surface area contributed by atoms with Crippen LogP contribution in [0.15, 0.2) is 41.6 Å². The highest BCUT2D eigenvalue weighted by molar-refractivity contribution is 7.07. The van der Waals surface area contributed by atoms with Crippen molar-refractivity contribution in [3.8, 4) is 11.6 Å². The minimum absolute atomic E-state index is 0.806. The summed E-state index contributed by atoms with van der Waals surface area (Å²) < 4.78 is 2.08. The van der Waals surface area contributed by atoms with E-state index in [1.54, 1.807) is 29.9 Å². The van der Waals surface area contributed by atoms with Crippen LogP contribution in [0.4, 0.5) is 0 Å². The number of thiophene rings is 1. The summed E-state index contributed by atoms with van der Waals surface area (Å²) in [5.41, 5.74) is 1.29.